The Morgan fingerprint density at radius 2 is 2.09 bits per heavy atom. The molecule has 0 N–H and O–H groups in total. The van der Waals surface area contributed by atoms with Gasteiger partial charge in [0, 0.05) is 4.90 Å². The lowest BCUT2D eigenvalue weighted by atomic mass is 10.2. The van der Waals surface area contributed by atoms with Crippen LogP contribution in [0, 0.1) is 6.92 Å². The first-order chi connectivity index (χ1) is 5.27. The summed E-state index contributed by atoms with van der Waals surface area (Å²) in [5, 5.41) is 0. The van der Waals surface area contributed by atoms with Crippen LogP contribution in [0.25, 0.3) is 0 Å². The lowest BCUT2D eigenvalue weighted by Gasteiger charge is -2.04. The zero-order valence-electron chi connectivity index (χ0n) is 7.05. The summed E-state index contributed by atoms with van der Waals surface area (Å²) in [6.07, 6.45) is 2.08. The highest BCUT2D eigenvalue weighted by Crippen LogP contribution is 2.23. The van der Waals surface area contributed by atoms with E-state index in [1.54, 1.807) is 18.9 Å². The van der Waals surface area contributed by atoms with Gasteiger partial charge in [0.2, 0.25) is 0 Å². The maximum absolute atomic E-state index is 5.09. The molecule has 0 heterocycles. The summed E-state index contributed by atoms with van der Waals surface area (Å²) in [4.78, 5) is 1.31. The molecule has 0 aliphatic heterocycles. The number of aryl methyl sites for hydroxylation is 1. The second-order valence-electron chi connectivity index (χ2n) is 2.34. The van der Waals surface area contributed by atoms with E-state index in [1.807, 2.05) is 12.1 Å². The summed E-state index contributed by atoms with van der Waals surface area (Å²) in [6, 6.07) is 6.11. The first kappa shape index (κ1) is 8.47. The van der Waals surface area contributed by atoms with Crippen LogP contribution in [-0.2, 0) is 0 Å². The van der Waals surface area contributed by atoms with Crippen molar-refractivity contribution in [3.8, 4) is 5.75 Å². The van der Waals surface area contributed by atoms with Gasteiger partial charge < -0.3 is 4.74 Å². The molecule has 0 saturated carbocycles. The minimum Gasteiger partial charge on any atom is -0.497 e. The molecule has 1 rings (SSSR count). The van der Waals surface area contributed by atoms with Gasteiger partial charge in [0.25, 0.3) is 0 Å². The predicted molar refractivity (Wildman–Crippen MR) is 49.5 cm³/mol. The number of methoxy groups -OCH3 is 1. The van der Waals surface area contributed by atoms with E-state index in [-0.39, 0.29) is 0 Å². The summed E-state index contributed by atoms with van der Waals surface area (Å²) in [7, 11) is 1.69. The van der Waals surface area contributed by atoms with Crippen LogP contribution in [0.1, 0.15) is 5.56 Å². The molecule has 0 saturated heterocycles. The molecule has 0 aliphatic rings. The van der Waals surface area contributed by atoms with Gasteiger partial charge in [0.1, 0.15) is 5.75 Å². The van der Waals surface area contributed by atoms with Crippen molar-refractivity contribution < 1.29 is 4.74 Å². The van der Waals surface area contributed by atoms with E-state index in [2.05, 4.69) is 19.2 Å². The van der Waals surface area contributed by atoms with Crippen LogP contribution in [0.5, 0.6) is 5.75 Å². The van der Waals surface area contributed by atoms with E-state index >= 15 is 0 Å². The van der Waals surface area contributed by atoms with Gasteiger partial charge in [-0.1, -0.05) is 0 Å². The summed E-state index contributed by atoms with van der Waals surface area (Å²) in [5.74, 6) is 0.931. The molecular weight excluding hydrogens is 156 g/mol. The van der Waals surface area contributed by atoms with Crippen LogP contribution in [0.3, 0.4) is 0 Å². The number of hydrogen-bond acceptors (Lipinski definition) is 2. The fourth-order valence-corrected chi connectivity index (χ4v) is 1.56. The van der Waals surface area contributed by atoms with Crippen LogP contribution in [0.4, 0.5) is 0 Å². The first-order valence-corrected chi connectivity index (χ1v) is 4.69. The molecule has 1 aromatic rings. The van der Waals surface area contributed by atoms with Crippen LogP contribution in [0.2, 0.25) is 0 Å². The van der Waals surface area contributed by atoms with E-state index in [0.717, 1.165) is 5.75 Å². The minimum absolute atomic E-state index is 0.931. The average Bonchev–Trinajstić information content (AvgIpc) is 2.04. The molecule has 0 spiro atoms. The Morgan fingerprint density at radius 3 is 2.55 bits per heavy atom. The Balaban J connectivity index is 2.99. The van der Waals surface area contributed by atoms with E-state index in [1.165, 1.54) is 10.5 Å². The van der Waals surface area contributed by atoms with Crippen molar-refractivity contribution in [2.45, 2.75) is 11.8 Å². The van der Waals surface area contributed by atoms with Crippen molar-refractivity contribution in [3.05, 3.63) is 23.8 Å². The zero-order valence-corrected chi connectivity index (χ0v) is 7.87. The average molecular weight is 168 g/mol. The molecule has 1 aromatic carbocycles. The number of hydrogen-bond donors (Lipinski definition) is 0. The topological polar surface area (TPSA) is 9.23 Å². The standard InChI is InChI=1S/C9H12OS/c1-7-6-8(10-2)4-5-9(7)11-3/h4-6H,1-3H3. The Morgan fingerprint density at radius 1 is 1.36 bits per heavy atom. The highest BCUT2D eigenvalue weighted by molar-refractivity contribution is 7.98. The highest BCUT2D eigenvalue weighted by Gasteiger charge is 1.97. The number of benzene rings is 1. The van der Waals surface area contributed by atoms with Crippen molar-refractivity contribution >= 4 is 11.8 Å². The van der Waals surface area contributed by atoms with E-state index in [9.17, 15) is 0 Å². The van der Waals surface area contributed by atoms with Crippen molar-refractivity contribution in [2.24, 2.45) is 0 Å². The highest BCUT2D eigenvalue weighted by atomic mass is 32.2. The molecule has 11 heavy (non-hydrogen) atoms. The van der Waals surface area contributed by atoms with Crippen LogP contribution in [-0.4, -0.2) is 13.4 Å². The zero-order chi connectivity index (χ0) is 8.27. The molecule has 0 aromatic heterocycles. The van der Waals surface area contributed by atoms with Crippen molar-refractivity contribution in [3.63, 3.8) is 0 Å². The molecule has 0 unspecified atom stereocenters. The van der Waals surface area contributed by atoms with Crippen molar-refractivity contribution in [2.75, 3.05) is 13.4 Å². The van der Waals surface area contributed by atoms with E-state index < -0.39 is 0 Å². The molecule has 0 amide bonds. The smallest absolute Gasteiger partial charge is 0.119 e. The normalized spacial score (nSPS) is 9.73. The molecule has 60 valence electrons. The van der Waals surface area contributed by atoms with Crippen LogP contribution in [0.15, 0.2) is 23.1 Å². The number of rotatable bonds is 2. The fourth-order valence-electron chi connectivity index (χ4n) is 0.978. The molecule has 2 heteroatoms. The first-order valence-electron chi connectivity index (χ1n) is 3.46. The predicted octanol–water partition coefficient (Wildman–Crippen LogP) is 2.73. The SMILES string of the molecule is COc1ccc(SC)c(C)c1. The molecule has 0 fully saturated rings. The molecule has 1 nitrogen and oxygen atoms in total. The van der Waals surface area contributed by atoms with Gasteiger partial charge in [-0.3, -0.25) is 0 Å². The minimum atomic E-state index is 0.931. The van der Waals surface area contributed by atoms with Crippen LogP contribution < -0.4 is 4.74 Å². The summed E-state index contributed by atoms with van der Waals surface area (Å²) in [6.45, 7) is 2.09. The Hall–Kier alpha value is -0.630. The molecular formula is C9H12OS. The molecule has 0 aliphatic carbocycles. The van der Waals surface area contributed by atoms with Gasteiger partial charge in [0.05, 0.1) is 7.11 Å². The molecule has 0 radical (unpaired) electrons. The lowest BCUT2D eigenvalue weighted by Crippen LogP contribution is -1.84. The van der Waals surface area contributed by atoms with Gasteiger partial charge in [-0.25, -0.2) is 0 Å². The van der Waals surface area contributed by atoms with Gasteiger partial charge in [0.15, 0.2) is 0 Å². The quantitative estimate of drug-likeness (QED) is 0.628. The van der Waals surface area contributed by atoms with E-state index in [0.29, 0.717) is 0 Å². The Labute approximate surface area is 71.8 Å². The Bertz CT molecular complexity index is 245. The summed E-state index contributed by atoms with van der Waals surface area (Å²) < 4.78 is 5.09. The van der Waals surface area contributed by atoms with Crippen molar-refractivity contribution in [1.29, 1.82) is 0 Å². The number of ether oxygens (including phenoxy) is 1. The van der Waals surface area contributed by atoms with Gasteiger partial charge in [-0.05, 0) is 36.9 Å². The monoisotopic (exact) mass is 168 g/mol. The Kier molecular flexibility index (Phi) is 2.83. The summed E-state index contributed by atoms with van der Waals surface area (Å²) in [5.41, 5.74) is 1.27. The number of thioether (sulfide) groups is 1. The third kappa shape index (κ3) is 1.90. The van der Waals surface area contributed by atoms with Gasteiger partial charge >= 0.3 is 0 Å². The third-order valence-electron chi connectivity index (χ3n) is 1.60. The van der Waals surface area contributed by atoms with Gasteiger partial charge in [-0.15, -0.1) is 11.8 Å². The lowest BCUT2D eigenvalue weighted by molar-refractivity contribution is 0.414. The fraction of sp³-hybridized carbons (Fsp3) is 0.333. The second-order valence-corrected chi connectivity index (χ2v) is 3.18. The molecule has 0 atom stereocenters. The molecule has 0 bridgehead atoms. The van der Waals surface area contributed by atoms with Crippen molar-refractivity contribution in [1.82, 2.24) is 0 Å². The maximum atomic E-state index is 5.09. The van der Waals surface area contributed by atoms with E-state index in [4.69, 9.17) is 4.74 Å². The third-order valence-corrected chi connectivity index (χ3v) is 2.50. The van der Waals surface area contributed by atoms with Gasteiger partial charge in [-0.2, -0.15) is 0 Å². The summed E-state index contributed by atoms with van der Waals surface area (Å²) >= 11 is 1.76. The second kappa shape index (κ2) is 3.67. The maximum Gasteiger partial charge on any atom is 0.119 e. The van der Waals surface area contributed by atoms with Crippen LogP contribution >= 0.6 is 11.8 Å². The largest absolute Gasteiger partial charge is 0.497 e.